The van der Waals surface area contributed by atoms with Crippen LogP contribution in [0.3, 0.4) is 0 Å². The molecule has 1 rings (SSSR count). The number of nitrogens with two attached hydrogens (primary N) is 1. The predicted molar refractivity (Wildman–Crippen MR) is 50.8 cm³/mol. The van der Waals surface area contributed by atoms with Gasteiger partial charge in [0.05, 0.1) is 5.70 Å². The zero-order chi connectivity index (χ0) is 10.6. The molecular weight excluding hydrogens is 269 g/mol. The second kappa shape index (κ2) is 6.33. The molecule has 0 saturated heterocycles. The Morgan fingerprint density at radius 2 is 1.87 bits per heavy atom. The summed E-state index contributed by atoms with van der Waals surface area (Å²) in [4.78, 5) is 10.6. The molecule has 0 saturated carbocycles. The van der Waals surface area contributed by atoms with Crippen LogP contribution in [0, 0.1) is 11.3 Å². The number of aliphatic carboxylic acids is 1. The smallest absolute Gasteiger partial charge is 0.348 e. The third-order valence-corrected chi connectivity index (χ3v) is 1.68. The van der Waals surface area contributed by atoms with Gasteiger partial charge in [0.25, 0.3) is 0 Å². The molecule has 5 heteroatoms. The first kappa shape index (κ1) is 13.8. The van der Waals surface area contributed by atoms with Crippen LogP contribution in [0.15, 0.2) is 35.9 Å². The first-order chi connectivity index (χ1) is 6.66. The molecule has 0 fully saturated rings. The van der Waals surface area contributed by atoms with Crippen molar-refractivity contribution in [3.63, 3.8) is 0 Å². The molecule has 0 heterocycles. The molecule has 4 nitrogen and oxygen atoms in total. The molecule has 1 aromatic rings. The maximum absolute atomic E-state index is 10.6. The SMILES string of the molecule is N#C/C(C(=O)O)=C(/N)c1ccccc1.[Y]. The number of hydrogen-bond acceptors (Lipinski definition) is 3. The van der Waals surface area contributed by atoms with E-state index in [1.807, 2.05) is 0 Å². The summed E-state index contributed by atoms with van der Waals surface area (Å²) in [6.07, 6.45) is 0. The number of nitrogens with zero attached hydrogens (tertiary/aromatic N) is 1. The number of carboxylic acids is 1. The summed E-state index contributed by atoms with van der Waals surface area (Å²) in [5, 5.41) is 17.2. The Hall–Kier alpha value is -1.18. The van der Waals surface area contributed by atoms with Crippen molar-refractivity contribution >= 4 is 11.7 Å². The summed E-state index contributed by atoms with van der Waals surface area (Å²) in [7, 11) is 0. The van der Waals surface area contributed by atoms with Gasteiger partial charge in [0, 0.05) is 32.7 Å². The number of hydrogen-bond donors (Lipinski definition) is 2. The van der Waals surface area contributed by atoms with Crippen molar-refractivity contribution in [3.8, 4) is 6.07 Å². The fourth-order valence-electron chi connectivity index (χ4n) is 0.985. The van der Waals surface area contributed by atoms with Gasteiger partial charge < -0.3 is 10.8 Å². The third-order valence-electron chi connectivity index (χ3n) is 1.68. The van der Waals surface area contributed by atoms with Crippen LogP contribution in [0.4, 0.5) is 0 Å². The van der Waals surface area contributed by atoms with Gasteiger partial charge in [-0.1, -0.05) is 30.3 Å². The zero-order valence-electron chi connectivity index (χ0n) is 7.84. The summed E-state index contributed by atoms with van der Waals surface area (Å²) >= 11 is 0. The van der Waals surface area contributed by atoms with Gasteiger partial charge in [-0.25, -0.2) is 4.79 Å². The van der Waals surface area contributed by atoms with E-state index in [-0.39, 0.29) is 38.4 Å². The third kappa shape index (κ3) is 3.46. The minimum absolute atomic E-state index is 0. The van der Waals surface area contributed by atoms with Crippen LogP contribution in [0.5, 0.6) is 0 Å². The predicted octanol–water partition coefficient (Wildman–Crippen LogP) is 0.962. The van der Waals surface area contributed by atoms with E-state index in [1.165, 1.54) is 0 Å². The van der Waals surface area contributed by atoms with Crippen molar-refractivity contribution in [2.45, 2.75) is 0 Å². The van der Waals surface area contributed by atoms with E-state index in [1.54, 1.807) is 36.4 Å². The van der Waals surface area contributed by atoms with Crippen molar-refractivity contribution in [3.05, 3.63) is 41.5 Å². The molecule has 0 aliphatic heterocycles. The van der Waals surface area contributed by atoms with Crippen LogP contribution in [0.2, 0.25) is 0 Å². The minimum atomic E-state index is -1.31. The summed E-state index contributed by atoms with van der Waals surface area (Å²) in [5.41, 5.74) is 5.61. The molecule has 0 aliphatic rings. The molecule has 0 unspecified atom stereocenters. The van der Waals surface area contributed by atoms with Crippen molar-refractivity contribution in [1.29, 1.82) is 5.26 Å². The van der Waals surface area contributed by atoms with Crippen LogP contribution < -0.4 is 5.73 Å². The second-order valence-corrected chi connectivity index (χ2v) is 2.57. The Balaban J connectivity index is 0.00000196. The maximum Gasteiger partial charge on any atom is 0.348 e. The Bertz CT molecular complexity index is 421. The van der Waals surface area contributed by atoms with Crippen molar-refractivity contribution in [1.82, 2.24) is 0 Å². The summed E-state index contributed by atoms with van der Waals surface area (Å²) in [6.45, 7) is 0. The first-order valence-electron chi connectivity index (χ1n) is 3.85. The fraction of sp³-hybridized carbons (Fsp3) is 0. The van der Waals surface area contributed by atoms with Gasteiger partial charge in [-0.15, -0.1) is 0 Å². The molecule has 0 aromatic heterocycles. The van der Waals surface area contributed by atoms with E-state index in [9.17, 15) is 4.79 Å². The van der Waals surface area contributed by atoms with E-state index in [4.69, 9.17) is 16.1 Å². The van der Waals surface area contributed by atoms with Crippen LogP contribution in [0.25, 0.3) is 5.70 Å². The van der Waals surface area contributed by atoms with Gasteiger partial charge >= 0.3 is 5.97 Å². The fourth-order valence-corrected chi connectivity index (χ4v) is 0.985. The second-order valence-electron chi connectivity index (χ2n) is 2.57. The Labute approximate surface area is 112 Å². The molecule has 3 N–H and O–H groups in total. The van der Waals surface area contributed by atoms with Crippen LogP contribution in [0.1, 0.15) is 5.56 Å². The van der Waals surface area contributed by atoms with E-state index in [2.05, 4.69) is 0 Å². The average molecular weight is 277 g/mol. The molecular formula is C10H8N2O2Y. The number of carbonyl (C=O) groups is 1. The number of nitriles is 1. The standard InChI is InChI=1S/C10H8N2O2.Y/c11-6-8(10(13)14)9(12)7-4-2-1-3-5-7;/h1-5H,12H2,(H,13,14);/b9-8-;. The van der Waals surface area contributed by atoms with Gasteiger partial charge in [0.15, 0.2) is 5.57 Å². The minimum Gasteiger partial charge on any atom is -0.477 e. The van der Waals surface area contributed by atoms with Crippen LogP contribution in [-0.4, -0.2) is 11.1 Å². The molecule has 0 aliphatic carbocycles. The normalized spacial score (nSPS) is 10.6. The maximum atomic E-state index is 10.6. The van der Waals surface area contributed by atoms with E-state index in [0.29, 0.717) is 5.56 Å². The molecule has 0 spiro atoms. The Morgan fingerprint density at radius 1 is 1.33 bits per heavy atom. The molecule has 1 aromatic carbocycles. The van der Waals surface area contributed by atoms with Crippen molar-refractivity contribution in [2.75, 3.05) is 0 Å². The molecule has 1 radical (unpaired) electrons. The van der Waals surface area contributed by atoms with Gasteiger partial charge in [-0.3, -0.25) is 0 Å². The van der Waals surface area contributed by atoms with Crippen LogP contribution in [-0.2, 0) is 37.5 Å². The number of benzene rings is 1. The topological polar surface area (TPSA) is 87.1 Å². The van der Waals surface area contributed by atoms with Gasteiger partial charge in [0.2, 0.25) is 0 Å². The Morgan fingerprint density at radius 3 is 2.27 bits per heavy atom. The van der Waals surface area contributed by atoms with E-state index in [0.717, 1.165) is 0 Å². The quantitative estimate of drug-likeness (QED) is 0.622. The molecule has 0 bridgehead atoms. The molecule has 0 amide bonds. The average Bonchev–Trinajstić information content (AvgIpc) is 2.19. The zero-order valence-corrected chi connectivity index (χ0v) is 10.7. The summed E-state index contributed by atoms with van der Waals surface area (Å²) in [6, 6.07) is 10.1. The van der Waals surface area contributed by atoms with Gasteiger partial charge in [-0.05, 0) is 5.56 Å². The van der Waals surface area contributed by atoms with Crippen molar-refractivity contribution in [2.24, 2.45) is 5.73 Å². The van der Waals surface area contributed by atoms with E-state index < -0.39 is 11.5 Å². The molecule has 73 valence electrons. The summed E-state index contributed by atoms with van der Waals surface area (Å²) < 4.78 is 0. The number of rotatable bonds is 2. The molecule has 15 heavy (non-hydrogen) atoms. The van der Waals surface area contributed by atoms with Crippen molar-refractivity contribution < 1.29 is 42.6 Å². The van der Waals surface area contributed by atoms with Gasteiger partial charge in [0.1, 0.15) is 6.07 Å². The largest absolute Gasteiger partial charge is 0.477 e. The van der Waals surface area contributed by atoms with E-state index >= 15 is 0 Å². The molecule has 0 atom stereocenters. The monoisotopic (exact) mass is 277 g/mol. The van der Waals surface area contributed by atoms with Gasteiger partial charge in [-0.2, -0.15) is 5.26 Å². The number of carboxylic acid groups (broad SMARTS) is 1. The Kier molecular flexibility index (Phi) is 5.84. The van der Waals surface area contributed by atoms with Crippen LogP contribution >= 0.6 is 0 Å². The first-order valence-corrected chi connectivity index (χ1v) is 3.85. The summed E-state index contributed by atoms with van der Waals surface area (Å²) in [5.74, 6) is -1.31.